The topological polar surface area (TPSA) is 143 Å². The summed E-state index contributed by atoms with van der Waals surface area (Å²) in [7, 11) is 0. The molecule has 0 aliphatic carbocycles. The lowest BCUT2D eigenvalue weighted by Crippen LogP contribution is -2.42. The van der Waals surface area contributed by atoms with Crippen LogP contribution in [0.3, 0.4) is 0 Å². The molecule has 8 nitrogen and oxygen atoms in total. The smallest absolute Gasteiger partial charge is 0.340 e. The number of carbonyl (C=O) groups is 3. The number of nitrogens with one attached hydrogen (secondary N) is 2. The molecule has 1 aromatic carbocycles. The van der Waals surface area contributed by atoms with Crippen molar-refractivity contribution in [3.8, 4) is 0 Å². The number of rotatable bonds is 9. The number of carbonyl (C=O) groups excluding carboxylic acids is 2. The van der Waals surface area contributed by atoms with Gasteiger partial charge >= 0.3 is 5.97 Å². The molecule has 2 atom stereocenters. The molecule has 1 aliphatic rings. The van der Waals surface area contributed by atoms with E-state index in [4.69, 9.17) is 15.9 Å². The minimum Gasteiger partial charge on any atom is -0.479 e. The second-order valence-corrected chi connectivity index (χ2v) is 6.69. The molecule has 1 heterocycles. The molecule has 1 aliphatic heterocycles. The Morgan fingerprint density at radius 3 is 2.41 bits per heavy atom. The number of hydrogen-bond acceptors (Lipinski definition) is 6. The molecule has 27 heavy (non-hydrogen) atoms. The molecule has 2 rings (SSSR count). The van der Waals surface area contributed by atoms with Crippen LogP contribution in [0.2, 0.25) is 0 Å². The molecule has 0 saturated carbocycles. The molecular formula is C19H25N3O5. The van der Waals surface area contributed by atoms with Crippen LogP contribution < -0.4 is 11.1 Å². The molecule has 8 heteroatoms. The Bertz CT molecular complexity index is 728. The Hall–Kier alpha value is -2.58. The summed E-state index contributed by atoms with van der Waals surface area (Å²) in [6.45, 7) is 2.93. The number of carboxylic acid groups (broad SMARTS) is 1. The number of piperidine rings is 1. The number of Topliss-reactive ketones (excluding diaryl/α,β-unsaturated/α-hetero) is 2. The first-order chi connectivity index (χ1) is 12.8. The summed E-state index contributed by atoms with van der Waals surface area (Å²) in [5.41, 5.74) is 6.04. The fraction of sp³-hybridized carbons (Fsp3) is 0.474. The average Bonchev–Trinajstić information content (AvgIpc) is 2.66. The SMILES string of the molecule is CC(CC(=O)c1ccccc1C(=N)N)C(=O)C(OC1CCNCC1)C(=O)O. The number of ketones is 2. The maximum absolute atomic E-state index is 12.6. The zero-order chi connectivity index (χ0) is 20.0. The summed E-state index contributed by atoms with van der Waals surface area (Å²) in [5.74, 6) is -3.42. The van der Waals surface area contributed by atoms with E-state index in [0.717, 1.165) is 0 Å². The zero-order valence-corrected chi connectivity index (χ0v) is 15.2. The molecule has 5 N–H and O–H groups in total. The lowest BCUT2D eigenvalue weighted by atomic mass is 9.91. The first-order valence-corrected chi connectivity index (χ1v) is 8.90. The second kappa shape index (κ2) is 9.38. The van der Waals surface area contributed by atoms with Gasteiger partial charge in [-0.15, -0.1) is 0 Å². The monoisotopic (exact) mass is 375 g/mol. The van der Waals surface area contributed by atoms with E-state index in [9.17, 15) is 19.5 Å². The third kappa shape index (κ3) is 5.45. The van der Waals surface area contributed by atoms with Gasteiger partial charge in [0.05, 0.1) is 6.10 Å². The predicted molar refractivity (Wildman–Crippen MR) is 99.0 cm³/mol. The molecule has 2 unspecified atom stereocenters. The molecule has 0 radical (unpaired) electrons. The molecule has 0 bridgehead atoms. The molecule has 1 aromatic rings. The number of amidine groups is 1. The van der Waals surface area contributed by atoms with Gasteiger partial charge in [0.15, 0.2) is 11.6 Å². The van der Waals surface area contributed by atoms with Gasteiger partial charge in [0.25, 0.3) is 0 Å². The van der Waals surface area contributed by atoms with E-state index in [1.807, 2.05) is 0 Å². The van der Waals surface area contributed by atoms with Crippen LogP contribution in [0, 0.1) is 11.3 Å². The van der Waals surface area contributed by atoms with E-state index in [0.29, 0.717) is 31.5 Å². The van der Waals surface area contributed by atoms with Crippen molar-refractivity contribution in [2.75, 3.05) is 13.1 Å². The normalized spacial score (nSPS) is 17.1. The predicted octanol–water partition coefficient (Wildman–Crippen LogP) is 0.970. The highest BCUT2D eigenvalue weighted by molar-refractivity contribution is 6.10. The maximum atomic E-state index is 12.6. The Kier molecular flexibility index (Phi) is 7.20. The van der Waals surface area contributed by atoms with Crippen molar-refractivity contribution in [2.24, 2.45) is 11.7 Å². The van der Waals surface area contributed by atoms with E-state index in [2.05, 4.69) is 5.32 Å². The van der Waals surface area contributed by atoms with Crippen LogP contribution >= 0.6 is 0 Å². The van der Waals surface area contributed by atoms with Crippen LogP contribution in [0.4, 0.5) is 0 Å². The summed E-state index contributed by atoms with van der Waals surface area (Å²) >= 11 is 0. The van der Waals surface area contributed by atoms with E-state index in [1.54, 1.807) is 18.2 Å². The van der Waals surface area contributed by atoms with Crippen LogP contribution in [0.1, 0.15) is 42.1 Å². The van der Waals surface area contributed by atoms with Crippen molar-refractivity contribution < 1.29 is 24.2 Å². The number of nitrogen functional groups attached to an aromatic ring is 1. The van der Waals surface area contributed by atoms with Crippen molar-refractivity contribution in [3.05, 3.63) is 35.4 Å². The highest BCUT2D eigenvalue weighted by Gasteiger charge is 2.34. The fourth-order valence-corrected chi connectivity index (χ4v) is 3.08. The maximum Gasteiger partial charge on any atom is 0.340 e. The minimum atomic E-state index is -1.58. The lowest BCUT2D eigenvalue weighted by Gasteiger charge is -2.26. The number of benzene rings is 1. The van der Waals surface area contributed by atoms with Gasteiger partial charge in [-0.25, -0.2) is 4.79 Å². The van der Waals surface area contributed by atoms with E-state index in [-0.39, 0.29) is 29.7 Å². The van der Waals surface area contributed by atoms with Crippen LogP contribution in [0.5, 0.6) is 0 Å². The van der Waals surface area contributed by atoms with Gasteiger partial charge in [0, 0.05) is 23.5 Å². The average molecular weight is 375 g/mol. The van der Waals surface area contributed by atoms with Crippen LogP contribution in [0.15, 0.2) is 24.3 Å². The summed E-state index contributed by atoms with van der Waals surface area (Å²) in [6, 6.07) is 6.40. The third-order valence-corrected chi connectivity index (χ3v) is 4.59. The molecule has 0 amide bonds. The van der Waals surface area contributed by atoms with E-state index < -0.39 is 23.8 Å². The number of hydrogen-bond donors (Lipinski definition) is 4. The molecule has 0 spiro atoms. The first-order valence-electron chi connectivity index (χ1n) is 8.90. The standard InChI is InChI=1S/C19H25N3O5/c1-11(10-15(23)13-4-2-3-5-14(13)18(20)21)16(24)17(19(25)26)27-12-6-8-22-9-7-12/h2-5,11-12,17,22H,6-10H2,1H3,(H3,20,21)(H,25,26). The van der Waals surface area contributed by atoms with Gasteiger partial charge in [0.1, 0.15) is 5.84 Å². The largest absolute Gasteiger partial charge is 0.479 e. The zero-order valence-electron chi connectivity index (χ0n) is 15.2. The van der Waals surface area contributed by atoms with Crippen LogP contribution in [0.25, 0.3) is 0 Å². The van der Waals surface area contributed by atoms with Gasteiger partial charge in [-0.05, 0) is 25.9 Å². The Morgan fingerprint density at radius 1 is 1.26 bits per heavy atom. The van der Waals surface area contributed by atoms with Crippen LogP contribution in [-0.4, -0.2) is 53.8 Å². The van der Waals surface area contributed by atoms with Gasteiger partial charge in [-0.1, -0.05) is 31.2 Å². The summed E-state index contributed by atoms with van der Waals surface area (Å²) in [6.07, 6.45) is -0.786. The van der Waals surface area contributed by atoms with Gasteiger partial charge in [0.2, 0.25) is 6.10 Å². The van der Waals surface area contributed by atoms with Crippen molar-refractivity contribution in [1.29, 1.82) is 5.41 Å². The van der Waals surface area contributed by atoms with E-state index >= 15 is 0 Å². The second-order valence-electron chi connectivity index (χ2n) is 6.69. The Morgan fingerprint density at radius 2 is 1.85 bits per heavy atom. The number of aliphatic carboxylic acids is 1. The number of ether oxygens (including phenoxy) is 1. The molecule has 1 saturated heterocycles. The fourth-order valence-electron chi connectivity index (χ4n) is 3.08. The number of nitrogens with two attached hydrogens (primary N) is 1. The van der Waals surface area contributed by atoms with Crippen molar-refractivity contribution in [3.63, 3.8) is 0 Å². The highest BCUT2D eigenvalue weighted by Crippen LogP contribution is 2.19. The molecule has 1 fully saturated rings. The van der Waals surface area contributed by atoms with Gasteiger partial charge < -0.3 is 20.9 Å². The summed E-state index contributed by atoms with van der Waals surface area (Å²) in [4.78, 5) is 36.7. The first kappa shape index (κ1) is 20.7. The van der Waals surface area contributed by atoms with Gasteiger partial charge in [-0.3, -0.25) is 15.0 Å². The van der Waals surface area contributed by atoms with Crippen molar-refractivity contribution in [1.82, 2.24) is 5.32 Å². The molecule has 0 aromatic heterocycles. The van der Waals surface area contributed by atoms with Crippen LogP contribution in [-0.2, 0) is 14.3 Å². The summed E-state index contributed by atoms with van der Waals surface area (Å²) < 4.78 is 5.53. The highest BCUT2D eigenvalue weighted by atomic mass is 16.5. The minimum absolute atomic E-state index is 0.178. The quantitative estimate of drug-likeness (QED) is 0.218. The third-order valence-electron chi connectivity index (χ3n) is 4.59. The van der Waals surface area contributed by atoms with Crippen molar-refractivity contribution in [2.45, 2.75) is 38.4 Å². The lowest BCUT2D eigenvalue weighted by molar-refractivity contribution is -0.163. The Labute approximate surface area is 157 Å². The Balaban J connectivity index is 2.07. The van der Waals surface area contributed by atoms with Gasteiger partial charge in [-0.2, -0.15) is 0 Å². The summed E-state index contributed by atoms with van der Waals surface area (Å²) in [5, 5.41) is 20.1. The molecule has 146 valence electrons. The number of carboxylic acids is 1. The van der Waals surface area contributed by atoms with Crippen molar-refractivity contribution >= 4 is 23.4 Å². The van der Waals surface area contributed by atoms with E-state index in [1.165, 1.54) is 13.0 Å². The molecular weight excluding hydrogens is 350 g/mol.